The van der Waals surface area contributed by atoms with Gasteiger partial charge in [-0.2, -0.15) is 13.9 Å². The van der Waals surface area contributed by atoms with E-state index < -0.39 is 24.9 Å². The van der Waals surface area contributed by atoms with Crippen LogP contribution in [-0.2, 0) is 15.1 Å². The van der Waals surface area contributed by atoms with Gasteiger partial charge in [0.05, 0.1) is 48.7 Å². The number of fused-ring (bicyclic) bond motifs is 1. The molecule has 0 aliphatic carbocycles. The molecule has 1 fully saturated rings. The molecule has 0 radical (unpaired) electrons. The Hall–Kier alpha value is -3.60. The molecule has 40 heavy (non-hydrogen) atoms. The van der Waals surface area contributed by atoms with Gasteiger partial charge in [-0.25, -0.2) is 4.99 Å². The molecule has 9 nitrogen and oxygen atoms in total. The van der Waals surface area contributed by atoms with Crippen LogP contribution in [0.3, 0.4) is 0 Å². The largest absolute Gasteiger partial charge is 0.497 e. The van der Waals surface area contributed by atoms with E-state index in [-0.39, 0.29) is 23.4 Å². The molecule has 0 spiro atoms. The Bertz CT molecular complexity index is 1330. The third-order valence-electron chi connectivity index (χ3n) is 7.85. The van der Waals surface area contributed by atoms with Gasteiger partial charge in [0.25, 0.3) is 0 Å². The number of dihydropyridines is 1. The Morgan fingerprint density at radius 3 is 2.48 bits per heavy atom. The Labute approximate surface area is 233 Å². The average molecular weight is 555 g/mol. The molecule has 2 unspecified atom stereocenters. The zero-order chi connectivity index (χ0) is 28.8. The summed E-state index contributed by atoms with van der Waals surface area (Å²) in [6.45, 7) is 7.74. The van der Waals surface area contributed by atoms with Crippen molar-refractivity contribution < 1.29 is 23.0 Å². The highest BCUT2D eigenvalue weighted by molar-refractivity contribution is 6.09. The van der Waals surface area contributed by atoms with Gasteiger partial charge in [0.1, 0.15) is 11.8 Å². The summed E-state index contributed by atoms with van der Waals surface area (Å²) < 4.78 is 41.3. The lowest BCUT2D eigenvalue weighted by molar-refractivity contribution is -0.129. The highest BCUT2D eigenvalue weighted by Crippen LogP contribution is 2.35. The van der Waals surface area contributed by atoms with Gasteiger partial charge in [0.15, 0.2) is 6.23 Å². The first-order valence-electron chi connectivity index (χ1n) is 13.5. The van der Waals surface area contributed by atoms with E-state index >= 15 is 0 Å². The van der Waals surface area contributed by atoms with Gasteiger partial charge in [0.2, 0.25) is 5.91 Å². The summed E-state index contributed by atoms with van der Waals surface area (Å²) in [7, 11) is 1.61. The number of halogens is 2. The molecule has 1 aromatic heterocycles. The number of hydrogen-bond donors (Lipinski definition) is 0. The number of methoxy groups -OCH3 is 1. The molecule has 0 N–H and O–H groups in total. The van der Waals surface area contributed by atoms with Crippen LogP contribution in [0.1, 0.15) is 58.2 Å². The third-order valence-corrected chi connectivity index (χ3v) is 7.85. The molecule has 11 heteroatoms. The van der Waals surface area contributed by atoms with E-state index in [1.165, 1.54) is 0 Å². The minimum absolute atomic E-state index is 0.0326. The molecule has 2 aromatic rings. The van der Waals surface area contributed by atoms with Gasteiger partial charge in [-0.3, -0.25) is 19.4 Å². The van der Waals surface area contributed by atoms with Crippen molar-refractivity contribution in [3.8, 4) is 5.75 Å². The standard InChI is InChI=1S/C29H36F2N6O3/c1-17(19-7-9-22(39-6)10-8-19)35-14-20(11-25(35)38)18(2)40-27-26-24(32-16-36(26)28(30)31)12-23(34-27)21-13-33-37(15-21)29(3,4)5/h7-10,12-13,15-18,20,26-28H,11,14H2,1-6H3/t17-,18-,20-,26?,27?/m1/s1. The Kier molecular flexibility index (Phi) is 7.52. The molecule has 0 saturated carbocycles. The SMILES string of the molecule is COc1ccc([C@@H](C)N2C[C@H]([C@@H](C)OC3N=C(c4cnn(C(C)(C)C)c4)C=C4N=CN(C(F)F)C43)CC2=O)cc1. The molecule has 214 valence electrons. The van der Waals surface area contributed by atoms with Crippen LogP contribution in [0.5, 0.6) is 5.75 Å². The quantitative estimate of drug-likeness (QED) is 0.445. The van der Waals surface area contributed by atoms with Crippen LogP contribution in [0.25, 0.3) is 0 Å². The van der Waals surface area contributed by atoms with Crippen molar-refractivity contribution in [1.29, 1.82) is 0 Å². The zero-order valence-electron chi connectivity index (χ0n) is 23.7. The maximum atomic E-state index is 13.9. The first-order chi connectivity index (χ1) is 19.0. The van der Waals surface area contributed by atoms with Gasteiger partial charge < -0.3 is 14.4 Å². The van der Waals surface area contributed by atoms with Gasteiger partial charge in [-0.1, -0.05) is 12.1 Å². The normalized spacial score (nSPS) is 24.3. The van der Waals surface area contributed by atoms with Gasteiger partial charge in [0, 0.05) is 30.6 Å². The van der Waals surface area contributed by atoms with Crippen LogP contribution < -0.4 is 4.74 Å². The fourth-order valence-corrected chi connectivity index (χ4v) is 5.33. The topological polar surface area (TPSA) is 84.6 Å². The summed E-state index contributed by atoms with van der Waals surface area (Å²) in [5.74, 6) is 0.668. The van der Waals surface area contributed by atoms with Crippen molar-refractivity contribution >= 4 is 18.0 Å². The van der Waals surface area contributed by atoms with E-state index in [2.05, 4.69) is 10.1 Å². The number of alkyl halides is 2. The number of aromatic nitrogens is 2. The van der Waals surface area contributed by atoms with Gasteiger partial charge in [-0.05, 0) is 58.4 Å². The number of allylic oxidation sites excluding steroid dienone is 1. The number of aliphatic imine (C=N–C) groups is 2. The van der Waals surface area contributed by atoms with E-state index in [9.17, 15) is 13.6 Å². The maximum absolute atomic E-state index is 13.9. The molecule has 1 amide bonds. The Morgan fingerprint density at radius 1 is 1.12 bits per heavy atom. The molecular weight excluding hydrogens is 518 g/mol. The van der Waals surface area contributed by atoms with Crippen LogP contribution in [-0.4, -0.2) is 76.1 Å². The van der Waals surface area contributed by atoms with Crippen molar-refractivity contribution in [1.82, 2.24) is 19.6 Å². The highest BCUT2D eigenvalue weighted by atomic mass is 19.3. The van der Waals surface area contributed by atoms with E-state index in [4.69, 9.17) is 14.5 Å². The number of amides is 1. The number of benzene rings is 1. The maximum Gasteiger partial charge on any atom is 0.316 e. The first-order valence-corrected chi connectivity index (χ1v) is 13.5. The minimum atomic E-state index is -2.75. The monoisotopic (exact) mass is 554 g/mol. The zero-order valence-corrected chi connectivity index (χ0v) is 23.7. The fraction of sp³-hybridized carbons (Fsp3) is 0.517. The fourth-order valence-electron chi connectivity index (χ4n) is 5.33. The number of hydrogen-bond acceptors (Lipinski definition) is 7. The van der Waals surface area contributed by atoms with Crippen LogP contribution in [0.2, 0.25) is 0 Å². The first kappa shape index (κ1) is 27.9. The lowest BCUT2D eigenvalue weighted by Crippen LogP contribution is -2.47. The summed E-state index contributed by atoms with van der Waals surface area (Å²) in [5, 5.41) is 4.46. The third kappa shape index (κ3) is 5.39. The molecule has 0 bridgehead atoms. The summed E-state index contributed by atoms with van der Waals surface area (Å²) in [6.07, 6.45) is 5.43. The van der Waals surface area contributed by atoms with Crippen molar-refractivity contribution in [2.45, 2.75) is 77.5 Å². The highest BCUT2D eigenvalue weighted by Gasteiger charge is 2.43. The lowest BCUT2D eigenvalue weighted by Gasteiger charge is -2.34. The smallest absolute Gasteiger partial charge is 0.316 e. The molecule has 1 aromatic carbocycles. The van der Waals surface area contributed by atoms with Crippen LogP contribution in [0.15, 0.2) is 58.4 Å². The molecule has 3 aliphatic heterocycles. The number of rotatable bonds is 8. The van der Waals surface area contributed by atoms with Gasteiger partial charge >= 0.3 is 6.55 Å². The number of carbonyl (C=O) groups is 1. The summed E-state index contributed by atoms with van der Waals surface area (Å²) in [5.41, 5.74) is 2.57. The van der Waals surface area contributed by atoms with E-state index in [0.29, 0.717) is 24.4 Å². The predicted octanol–water partition coefficient (Wildman–Crippen LogP) is 4.61. The summed E-state index contributed by atoms with van der Waals surface area (Å²) >= 11 is 0. The van der Waals surface area contributed by atoms with Crippen molar-refractivity contribution in [2.24, 2.45) is 15.9 Å². The minimum Gasteiger partial charge on any atom is -0.497 e. The second-order valence-corrected chi connectivity index (χ2v) is 11.5. The van der Waals surface area contributed by atoms with Crippen LogP contribution in [0, 0.1) is 5.92 Å². The molecule has 1 saturated heterocycles. The van der Waals surface area contributed by atoms with Crippen molar-refractivity contribution in [3.63, 3.8) is 0 Å². The van der Waals surface area contributed by atoms with E-state index in [1.54, 1.807) is 19.4 Å². The second kappa shape index (κ2) is 10.8. The van der Waals surface area contributed by atoms with Crippen molar-refractivity contribution in [3.05, 3.63) is 59.6 Å². The van der Waals surface area contributed by atoms with Crippen LogP contribution >= 0.6 is 0 Å². The second-order valence-electron chi connectivity index (χ2n) is 11.5. The molecule has 3 aliphatic rings. The number of ether oxygens (including phenoxy) is 2. The van der Waals surface area contributed by atoms with Crippen LogP contribution in [0.4, 0.5) is 8.78 Å². The Balaban J connectivity index is 1.35. The predicted molar refractivity (Wildman–Crippen MR) is 148 cm³/mol. The van der Waals surface area contributed by atoms with E-state index in [0.717, 1.165) is 28.1 Å². The molecular formula is C29H36F2N6O3. The van der Waals surface area contributed by atoms with Crippen molar-refractivity contribution in [2.75, 3.05) is 13.7 Å². The van der Waals surface area contributed by atoms with Gasteiger partial charge in [-0.15, -0.1) is 0 Å². The number of nitrogens with zero attached hydrogens (tertiary/aromatic N) is 6. The molecule has 4 heterocycles. The average Bonchev–Trinajstić information content (AvgIpc) is 3.66. The number of carbonyl (C=O) groups excluding carboxylic acids is 1. The summed E-state index contributed by atoms with van der Waals surface area (Å²) in [6, 6.07) is 6.69. The Morgan fingerprint density at radius 2 is 1.85 bits per heavy atom. The summed E-state index contributed by atoms with van der Waals surface area (Å²) in [4.78, 5) is 24.8. The lowest BCUT2D eigenvalue weighted by atomic mass is 10.0. The number of likely N-dealkylation sites (tertiary alicyclic amines) is 1. The molecule has 5 rings (SSSR count). The van der Waals surface area contributed by atoms with E-state index in [1.807, 2.05) is 74.7 Å². The molecule has 5 atom stereocenters.